The molecule has 18 heavy (non-hydrogen) atoms. The van der Waals surface area contributed by atoms with E-state index in [0.717, 1.165) is 25.1 Å². The lowest BCUT2D eigenvalue weighted by atomic mass is 9.84. The molecule has 0 fully saturated rings. The Morgan fingerprint density at radius 1 is 1.50 bits per heavy atom. The SMILES string of the molecule is CCn1cc(NC(=O)CCC(C)(C)CCN)cn1. The van der Waals surface area contributed by atoms with E-state index < -0.39 is 0 Å². The van der Waals surface area contributed by atoms with Crippen molar-refractivity contribution < 1.29 is 4.79 Å². The van der Waals surface area contributed by atoms with Crippen LogP contribution in [0.5, 0.6) is 0 Å². The Bertz CT molecular complexity index is 384. The predicted molar refractivity (Wildman–Crippen MR) is 73.2 cm³/mol. The molecule has 0 saturated heterocycles. The molecule has 102 valence electrons. The van der Waals surface area contributed by atoms with E-state index in [2.05, 4.69) is 24.3 Å². The third-order valence-electron chi connectivity index (χ3n) is 3.09. The third-order valence-corrected chi connectivity index (χ3v) is 3.09. The molecule has 0 aliphatic rings. The zero-order valence-electron chi connectivity index (χ0n) is 11.6. The summed E-state index contributed by atoms with van der Waals surface area (Å²) in [6, 6.07) is 0. The summed E-state index contributed by atoms with van der Waals surface area (Å²) in [6.45, 7) is 7.76. The number of nitrogens with one attached hydrogen (secondary N) is 1. The molecule has 1 amide bonds. The maximum absolute atomic E-state index is 11.8. The van der Waals surface area contributed by atoms with E-state index in [-0.39, 0.29) is 11.3 Å². The van der Waals surface area contributed by atoms with Gasteiger partial charge in [0.15, 0.2) is 0 Å². The first kappa shape index (κ1) is 14.7. The minimum Gasteiger partial charge on any atom is -0.330 e. The Balaban J connectivity index is 2.37. The number of carbonyl (C=O) groups excluding carboxylic acids is 1. The lowest BCUT2D eigenvalue weighted by Crippen LogP contribution is -2.20. The maximum atomic E-state index is 11.8. The van der Waals surface area contributed by atoms with E-state index in [1.54, 1.807) is 10.9 Å². The smallest absolute Gasteiger partial charge is 0.224 e. The van der Waals surface area contributed by atoms with Crippen molar-refractivity contribution in [1.82, 2.24) is 9.78 Å². The van der Waals surface area contributed by atoms with E-state index >= 15 is 0 Å². The van der Waals surface area contributed by atoms with Crippen LogP contribution in [0.15, 0.2) is 12.4 Å². The number of rotatable bonds is 7. The van der Waals surface area contributed by atoms with E-state index in [4.69, 9.17) is 5.73 Å². The van der Waals surface area contributed by atoms with Crippen molar-refractivity contribution >= 4 is 11.6 Å². The minimum absolute atomic E-state index is 0.0377. The van der Waals surface area contributed by atoms with Gasteiger partial charge >= 0.3 is 0 Å². The highest BCUT2D eigenvalue weighted by atomic mass is 16.1. The minimum atomic E-state index is 0.0377. The second kappa shape index (κ2) is 6.54. The first-order valence-corrected chi connectivity index (χ1v) is 6.49. The van der Waals surface area contributed by atoms with Crippen LogP contribution in [-0.4, -0.2) is 22.2 Å². The molecule has 1 aromatic heterocycles. The van der Waals surface area contributed by atoms with Gasteiger partial charge in [0, 0.05) is 19.2 Å². The molecule has 1 heterocycles. The Kier molecular flexibility index (Phi) is 5.34. The van der Waals surface area contributed by atoms with Gasteiger partial charge < -0.3 is 11.1 Å². The molecule has 1 aromatic rings. The molecular formula is C13H24N4O. The van der Waals surface area contributed by atoms with Crippen LogP contribution in [0, 0.1) is 5.41 Å². The first-order chi connectivity index (χ1) is 8.46. The summed E-state index contributed by atoms with van der Waals surface area (Å²) >= 11 is 0. The highest BCUT2D eigenvalue weighted by molar-refractivity contribution is 5.90. The third kappa shape index (κ3) is 4.87. The summed E-state index contributed by atoms with van der Waals surface area (Å²) in [5.74, 6) is 0.0377. The van der Waals surface area contributed by atoms with E-state index in [1.165, 1.54) is 0 Å². The van der Waals surface area contributed by atoms with Crippen molar-refractivity contribution in [3.63, 3.8) is 0 Å². The summed E-state index contributed by atoms with van der Waals surface area (Å²) in [7, 11) is 0. The van der Waals surface area contributed by atoms with Crippen LogP contribution in [0.25, 0.3) is 0 Å². The average molecular weight is 252 g/mol. The van der Waals surface area contributed by atoms with Crippen molar-refractivity contribution in [1.29, 1.82) is 0 Å². The summed E-state index contributed by atoms with van der Waals surface area (Å²) in [6.07, 6.45) is 5.81. The fourth-order valence-electron chi connectivity index (χ4n) is 1.79. The molecule has 0 spiro atoms. The molecule has 0 saturated carbocycles. The number of aromatic nitrogens is 2. The summed E-state index contributed by atoms with van der Waals surface area (Å²) in [4.78, 5) is 11.8. The van der Waals surface area contributed by atoms with Gasteiger partial charge in [0.25, 0.3) is 0 Å². The monoisotopic (exact) mass is 252 g/mol. The lowest BCUT2D eigenvalue weighted by Gasteiger charge is -2.23. The first-order valence-electron chi connectivity index (χ1n) is 6.49. The maximum Gasteiger partial charge on any atom is 0.224 e. The summed E-state index contributed by atoms with van der Waals surface area (Å²) in [5.41, 5.74) is 6.44. The molecule has 5 heteroatoms. The quantitative estimate of drug-likeness (QED) is 0.779. The second-order valence-electron chi connectivity index (χ2n) is 5.34. The Hall–Kier alpha value is -1.36. The molecule has 0 aliphatic heterocycles. The average Bonchev–Trinajstić information content (AvgIpc) is 2.74. The second-order valence-corrected chi connectivity index (χ2v) is 5.34. The van der Waals surface area contributed by atoms with E-state index in [1.807, 2.05) is 13.1 Å². The van der Waals surface area contributed by atoms with Crippen molar-refractivity contribution in [2.45, 2.75) is 46.6 Å². The molecular weight excluding hydrogens is 228 g/mol. The van der Waals surface area contributed by atoms with Crippen molar-refractivity contribution in [3.05, 3.63) is 12.4 Å². The standard InChI is InChI=1S/C13H24N4O/c1-4-17-10-11(9-15-17)16-12(18)5-6-13(2,3)7-8-14/h9-10H,4-8,14H2,1-3H3,(H,16,18). The van der Waals surface area contributed by atoms with Crippen molar-refractivity contribution in [3.8, 4) is 0 Å². The number of nitrogens with two attached hydrogens (primary N) is 1. The molecule has 0 aromatic carbocycles. The summed E-state index contributed by atoms with van der Waals surface area (Å²) < 4.78 is 1.79. The van der Waals surface area contributed by atoms with Crippen LogP contribution < -0.4 is 11.1 Å². The Morgan fingerprint density at radius 2 is 2.22 bits per heavy atom. The molecule has 1 rings (SSSR count). The fourth-order valence-corrected chi connectivity index (χ4v) is 1.79. The molecule has 5 nitrogen and oxygen atoms in total. The van der Waals surface area contributed by atoms with Gasteiger partial charge in [-0.3, -0.25) is 9.48 Å². The van der Waals surface area contributed by atoms with Gasteiger partial charge in [0.2, 0.25) is 5.91 Å². The number of aryl methyl sites for hydroxylation is 1. The van der Waals surface area contributed by atoms with Gasteiger partial charge in [-0.05, 0) is 31.7 Å². The number of anilines is 1. The normalized spacial score (nSPS) is 11.6. The molecule has 3 N–H and O–H groups in total. The molecule has 0 unspecified atom stereocenters. The Labute approximate surface area is 109 Å². The zero-order valence-corrected chi connectivity index (χ0v) is 11.6. The fraction of sp³-hybridized carbons (Fsp3) is 0.692. The topological polar surface area (TPSA) is 72.9 Å². The molecule has 0 radical (unpaired) electrons. The predicted octanol–water partition coefficient (Wildman–Crippen LogP) is 2.00. The number of hydrogen-bond donors (Lipinski definition) is 2. The van der Waals surface area contributed by atoms with Crippen molar-refractivity contribution in [2.75, 3.05) is 11.9 Å². The van der Waals surface area contributed by atoms with Crippen LogP contribution in [0.4, 0.5) is 5.69 Å². The van der Waals surface area contributed by atoms with Gasteiger partial charge in [-0.15, -0.1) is 0 Å². The van der Waals surface area contributed by atoms with Crippen LogP contribution in [0.3, 0.4) is 0 Å². The van der Waals surface area contributed by atoms with Crippen molar-refractivity contribution in [2.24, 2.45) is 11.1 Å². The van der Waals surface area contributed by atoms with Gasteiger partial charge in [0.1, 0.15) is 0 Å². The molecule has 0 bridgehead atoms. The Morgan fingerprint density at radius 3 is 2.78 bits per heavy atom. The van der Waals surface area contributed by atoms with Crippen LogP contribution in [-0.2, 0) is 11.3 Å². The van der Waals surface area contributed by atoms with Gasteiger partial charge in [-0.25, -0.2) is 0 Å². The number of nitrogens with zero attached hydrogens (tertiary/aromatic N) is 2. The molecule has 0 aliphatic carbocycles. The van der Waals surface area contributed by atoms with Crippen LogP contribution in [0.2, 0.25) is 0 Å². The number of hydrogen-bond acceptors (Lipinski definition) is 3. The number of amides is 1. The van der Waals surface area contributed by atoms with E-state index in [0.29, 0.717) is 13.0 Å². The van der Waals surface area contributed by atoms with Crippen LogP contribution >= 0.6 is 0 Å². The highest BCUT2D eigenvalue weighted by Crippen LogP contribution is 2.26. The van der Waals surface area contributed by atoms with Gasteiger partial charge in [-0.2, -0.15) is 5.10 Å². The lowest BCUT2D eigenvalue weighted by molar-refractivity contribution is -0.116. The summed E-state index contributed by atoms with van der Waals surface area (Å²) in [5, 5.41) is 6.97. The van der Waals surface area contributed by atoms with Gasteiger partial charge in [-0.1, -0.05) is 13.8 Å². The van der Waals surface area contributed by atoms with Gasteiger partial charge in [0.05, 0.1) is 11.9 Å². The largest absolute Gasteiger partial charge is 0.330 e. The molecule has 0 atom stereocenters. The highest BCUT2D eigenvalue weighted by Gasteiger charge is 2.18. The zero-order chi connectivity index (χ0) is 13.6. The number of carbonyl (C=O) groups is 1. The van der Waals surface area contributed by atoms with Crippen LogP contribution in [0.1, 0.15) is 40.0 Å². The van der Waals surface area contributed by atoms with E-state index in [9.17, 15) is 4.79 Å².